The van der Waals surface area contributed by atoms with Crippen LogP contribution in [0.15, 0.2) is 41.1 Å². The molecule has 0 unspecified atom stereocenters. The Kier molecular flexibility index (Phi) is 5.87. The van der Waals surface area contributed by atoms with Gasteiger partial charge in [-0.1, -0.05) is 0 Å². The summed E-state index contributed by atoms with van der Waals surface area (Å²) in [7, 11) is 0. The zero-order chi connectivity index (χ0) is 15.1. The standard InChI is InChI=1S/C16H19BrN2O2/c1-3-20-14-5-6-16(21-4-2)15(8-14)19-10-12-7-13(17)11-18-9-12/h5-9,11,19H,3-4,10H2,1-2H3. The molecule has 0 atom stereocenters. The quantitative estimate of drug-likeness (QED) is 0.810. The Morgan fingerprint density at radius 2 is 1.90 bits per heavy atom. The molecular weight excluding hydrogens is 332 g/mol. The molecule has 5 heteroatoms. The number of anilines is 1. The van der Waals surface area contributed by atoms with Crippen LogP contribution < -0.4 is 14.8 Å². The van der Waals surface area contributed by atoms with Crippen LogP contribution in [0.2, 0.25) is 0 Å². The molecule has 1 N–H and O–H groups in total. The van der Waals surface area contributed by atoms with E-state index >= 15 is 0 Å². The lowest BCUT2D eigenvalue weighted by molar-refractivity contribution is 0.332. The van der Waals surface area contributed by atoms with Crippen LogP contribution in [0, 0.1) is 0 Å². The molecule has 4 nitrogen and oxygen atoms in total. The van der Waals surface area contributed by atoms with Gasteiger partial charge >= 0.3 is 0 Å². The number of hydrogen-bond donors (Lipinski definition) is 1. The van der Waals surface area contributed by atoms with Crippen LogP contribution in [-0.4, -0.2) is 18.2 Å². The van der Waals surface area contributed by atoms with Crippen molar-refractivity contribution >= 4 is 21.6 Å². The van der Waals surface area contributed by atoms with Crippen LogP contribution in [0.4, 0.5) is 5.69 Å². The Morgan fingerprint density at radius 3 is 2.62 bits per heavy atom. The Morgan fingerprint density at radius 1 is 1.10 bits per heavy atom. The second-order valence-electron chi connectivity index (χ2n) is 4.39. The molecule has 0 saturated heterocycles. The summed E-state index contributed by atoms with van der Waals surface area (Å²) in [5.74, 6) is 1.65. The lowest BCUT2D eigenvalue weighted by atomic mass is 10.2. The highest BCUT2D eigenvalue weighted by Gasteiger charge is 2.06. The summed E-state index contributed by atoms with van der Waals surface area (Å²) in [4.78, 5) is 4.16. The number of ether oxygens (including phenoxy) is 2. The van der Waals surface area contributed by atoms with E-state index in [4.69, 9.17) is 9.47 Å². The fourth-order valence-corrected chi connectivity index (χ4v) is 2.35. The average Bonchev–Trinajstić information content (AvgIpc) is 2.48. The first-order valence-corrected chi connectivity index (χ1v) is 7.75. The van der Waals surface area contributed by atoms with Crippen molar-refractivity contribution in [1.82, 2.24) is 4.98 Å². The van der Waals surface area contributed by atoms with E-state index in [-0.39, 0.29) is 0 Å². The molecule has 2 rings (SSSR count). The van der Waals surface area contributed by atoms with E-state index in [1.54, 1.807) is 6.20 Å². The second-order valence-corrected chi connectivity index (χ2v) is 5.30. The molecule has 0 aliphatic rings. The molecule has 2 aromatic rings. The van der Waals surface area contributed by atoms with E-state index in [9.17, 15) is 0 Å². The lowest BCUT2D eigenvalue weighted by Gasteiger charge is -2.14. The van der Waals surface area contributed by atoms with Crippen molar-refractivity contribution in [2.24, 2.45) is 0 Å². The van der Waals surface area contributed by atoms with Crippen molar-refractivity contribution in [2.45, 2.75) is 20.4 Å². The van der Waals surface area contributed by atoms with Crippen LogP contribution >= 0.6 is 15.9 Å². The Balaban J connectivity index is 2.14. The fourth-order valence-electron chi connectivity index (χ4n) is 1.93. The molecule has 0 spiro atoms. The van der Waals surface area contributed by atoms with Crippen LogP contribution in [-0.2, 0) is 6.54 Å². The van der Waals surface area contributed by atoms with Gasteiger partial charge in [-0.25, -0.2) is 0 Å². The highest BCUT2D eigenvalue weighted by atomic mass is 79.9. The van der Waals surface area contributed by atoms with Crippen LogP contribution in [0.1, 0.15) is 19.4 Å². The third-order valence-corrected chi connectivity index (χ3v) is 3.24. The summed E-state index contributed by atoms with van der Waals surface area (Å²) in [5, 5.41) is 3.37. The van der Waals surface area contributed by atoms with Gasteiger partial charge in [0.2, 0.25) is 0 Å². The summed E-state index contributed by atoms with van der Waals surface area (Å²) in [6.07, 6.45) is 3.61. The molecule has 21 heavy (non-hydrogen) atoms. The van der Waals surface area contributed by atoms with Crippen LogP contribution in [0.5, 0.6) is 11.5 Å². The van der Waals surface area contributed by atoms with E-state index in [0.717, 1.165) is 27.2 Å². The first-order valence-electron chi connectivity index (χ1n) is 6.96. The Labute approximate surface area is 133 Å². The molecule has 0 fully saturated rings. The van der Waals surface area contributed by atoms with Gasteiger partial charge in [0.1, 0.15) is 11.5 Å². The fraction of sp³-hybridized carbons (Fsp3) is 0.312. The topological polar surface area (TPSA) is 43.4 Å². The maximum Gasteiger partial charge on any atom is 0.142 e. The van der Waals surface area contributed by atoms with E-state index in [1.807, 2.05) is 44.3 Å². The van der Waals surface area contributed by atoms with Gasteiger partial charge in [-0.05, 0) is 53.5 Å². The van der Waals surface area contributed by atoms with Crippen LogP contribution in [0.3, 0.4) is 0 Å². The zero-order valence-corrected chi connectivity index (χ0v) is 13.8. The maximum atomic E-state index is 5.64. The highest BCUT2D eigenvalue weighted by molar-refractivity contribution is 9.10. The molecule has 0 aliphatic carbocycles. The van der Waals surface area contributed by atoms with Crippen molar-refractivity contribution in [2.75, 3.05) is 18.5 Å². The lowest BCUT2D eigenvalue weighted by Crippen LogP contribution is -2.04. The average molecular weight is 351 g/mol. The summed E-state index contributed by atoms with van der Waals surface area (Å²) in [6.45, 7) is 5.88. The molecule has 1 heterocycles. The van der Waals surface area contributed by atoms with E-state index in [0.29, 0.717) is 19.8 Å². The molecule has 1 aromatic heterocycles. The van der Waals surface area contributed by atoms with Gasteiger partial charge in [0, 0.05) is 29.5 Å². The molecule has 0 radical (unpaired) electrons. The number of nitrogens with one attached hydrogen (secondary N) is 1. The minimum absolute atomic E-state index is 0.626. The normalized spacial score (nSPS) is 10.2. The van der Waals surface area contributed by atoms with E-state index < -0.39 is 0 Å². The Bertz CT molecular complexity index is 590. The summed E-state index contributed by atoms with van der Waals surface area (Å²) in [5.41, 5.74) is 2.01. The molecule has 112 valence electrons. The SMILES string of the molecule is CCOc1ccc(OCC)c(NCc2cncc(Br)c2)c1. The van der Waals surface area contributed by atoms with Crippen molar-refractivity contribution in [3.05, 3.63) is 46.7 Å². The smallest absolute Gasteiger partial charge is 0.142 e. The molecule has 0 aliphatic heterocycles. The van der Waals surface area contributed by atoms with Crippen molar-refractivity contribution in [3.63, 3.8) is 0 Å². The van der Waals surface area contributed by atoms with Gasteiger partial charge in [-0.2, -0.15) is 0 Å². The number of pyridine rings is 1. The highest BCUT2D eigenvalue weighted by Crippen LogP contribution is 2.30. The largest absolute Gasteiger partial charge is 0.494 e. The van der Waals surface area contributed by atoms with Crippen molar-refractivity contribution in [3.8, 4) is 11.5 Å². The van der Waals surface area contributed by atoms with Crippen molar-refractivity contribution < 1.29 is 9.47 Å². The maximum absolute atomic E-state index is 5.64. The van der Waals surface area contributed by atoms with Gasteiger partial charge < -0.3 is 14.8 Å². The number of rotatable bonds is 7. The summed E-state index contributed by atoms with van der Waals surface area (Å²) < 4.78 is 12.1. The second kappa shape index (κ2) is 7.88. The first-order chi connectivity index (χ1) is 10.2. The minimum Gasteiger partial charge on any atom is -0.494 e. The van der Waals surface area contributed by atoms with Crippen molar-refractivity contribution in [1.29, 1.82) is 0 Å². The molecule has 1 aromatic carbocycles. The summed E-state index contributed by atoms with van der Waals surface area (Å²) in [6, 6.07) is 7.84. The van der Waals surface area contributed by atoms with E-state index in [1.165, 1.54) is 0 Å². The predicted octanol–water partition coefficient (Wildman–Crippen LogP) is 4.25. The summed E-state index contributed by atoms with van der Waals surface area (Å²) >= 11 is 3.42. The van der Waals surface area contributed by atoms with Gasteiger partial charge in [-0.15, -0.1) is 0 Å². The third-order valence-electron chi connectivity index (χ3n) is 2.81. The molecule has 0 bridgehead atoms. The minimum atomic E-state index is 0.626. The number of halogens is 1. The number of aromatic nitrogens is 1. The zero-order valence-electron chi connectivity index (χ0n) is 12.2. The van der Waals surface area contributed by atoms with Gasteiger partial charge in [0.05, 0.1) is 18.9 Å². The monoisotopic (exact) mass is 350 g/mol. The predicted molar refractivity (Wildman–Crippen MR) is 88.0 cm³/mol. The third kappa shape index (κ3) is 4.63. The number of benzene rings is 1. The molecule has 0 saturated carbocycles. The van der Waals surface area contributed by atoms with Gasteiger partial charge in [-0.3, -0.25) is 4.98 Å². The van der Waals surface area contributed by atoms with Gasteiger partial charge in [0.15, 0.2) is 0 Å². The molecular formula is C16H19BrN2O2. The van der Waals surface area contributed by atoms with E-state index in [2.05, 4.69) is 26.2 Å². The molecule has 0 amide bonds. The van der Waals surface area contributed by atoms with Crippen LogP contribution in [0.25, 0.3) is 0 Å². The number of hydrogen-bond acceptors (Lipinski definition) is 4. The first kappa shape index (κ1) is 15.6. The Hall–Kier alpha value is -1.75. The number of nitrogens with zero attached hydrogens (tertiary/aromatic N) is 1. The van der Waals surface area contributed by atoms with Gasteiger partial charge in [0.25, 0.3) is 0 Å².